The largest absolute Gasteiger partial charge is 0.389 e. The molecule has 72 valence electrons. The van der Waals surface area contributed by atoms with Gasteiger partial charge in [-0.1, -0.05) is 0 Å². The van der Waals surface area contributed by atoms with Gasteiger partial charge in [0.1, 0.15) is 5.82 Å². The molecule has 0 aliphatic carbocycles. The summed E-state index contributed by atoms with van der Waals surface area (Å²) >= 11 is 1.82. The molecule has 1 N–H and O–H groups in total. The second kappa shape index (κ2) is 3.35. The summed E-state index contributed by atoms with van der Waals surface area (Å²) in [6.45, 7) is 0. The first-order valence-corrected chi connectivity index (χ1v) is 5.61. The molecule has 4 heteroatoms. The SMILES string of the molecule is Cn1ccnc1CC1(O)CCSC1. The highest BCUT2D eigenvalue weighted by Gasteiger charge is 2.32. The molecule has 0 spiro atoms. The van der Waals surface area contributed by atoms with Gasteiger partial charge in [0.05, 0.1) is 5.60 Å². The Kier molecular flexibility index (Phi) is 2.34. The fourth-order valence-corrected chi connectivity index (χ4v) is 2.89. The van der Waals surface area contributed by atoms with Gasteiger partial charge in [-0.2, -0.15) is 11.8 Å². The minimum atomic E-state index is -0.510. The molecule has 0 bridgehead atoms. The zero-order chi connectivity index (χ0) is 9.31. The molecule has 2 rings (SSSR count). The Hall–Kier alpha value is -0.480. The van der Waals surface area contributed by atoms with E-state index in [0.29, 0.717) is 6.42 Å². The Balaban J connectivity index is 2.09. The van der Waals surface area contributed by atoms with Crippen molar-refractivity contribution in [2.75, 3.05) is 11.5 Å². The fraction of sp³-hybridized carbons (Fsp3) is 0.667. The van der Waals surface area contributed by atoms with Gasteiger partial charge < -0.3 is 9.67 Å². The Morgan fingerprint density at radius 3 is 3.15 bits per heavy atom. The molecule has 0 amide bonds. The molecule has 1 fully saturated rings. The molecule has 0 radical (unpaired) electrons. The fourth-order valence-electron chi connectivity index (χ4n) is 1.60. The topological polar surface area (TPSA) is 38.0 Å². The third-order valence-electron chi connectivity index (χ3n) is 2.49. The molecular weight excluding hydrogens is 184 g/mol. The highest BCUT2D eigenvalue weighted by atomic mass is 32.2. The smallest absolute Gasteiger partial charge is 0.111 e. The van der Waals surface area contributed by atoms with Crippen LogP contribution in [0.2, 0.25) is 0 Å². The van der Waals surface area contributed by atoms with Gasteiger partial charge in [-0.15, -0.1) is 0 Å². The first-order valence-electron chi connectivity index (χ1n) is 4.46. The molecular formula is C9H14N2OS. The van der Waals surface area contributed by atoms with E-state index in [0.717, 1.165) is 23.8 Å². The molecule has 1 aromatic rings. The van der Waals surface area contributed by atoms with E-state index in [1.54, 1.807) is 6.20 Å². The van der Waals surface area contributed by atoms with E-state index in [1.807, 2.05) is 29.6 Å². The third kappa shape index (κ3) is 1.89. The van der Waals surface area contributed by atoms with E-state index in [1.165, 1.54) is 0 Å². The summed E-state index contributed by atoms with van der Waals surface area (Å²) in [5.74, 6) is 2.89. The molecule has 3 nitrogen and oxygen atoms in total. The third-order valence-corrected chi connectivity index (χ3v) is 3.72. The lowest BCUT2D eigenvalue weighted by atomic mass is 9.99. The molecule has 13 heavy (non-hydrogen) atoms. The summed E-state index contributed by atoms with van der Waals surface area (Å²) in [7, 11) is 1.97. The lowest BCUT2D eigenvalue weighted by molar-refractivity contribution is 0.0658. The van der Waals surface area contributed by atoms with Crippen molar-refractivity contribution in [2.24, 2.45) is 7.05 Å². The van der Waals surface area contributed by atoms with Gasteiger partial charge in [0.15, 0.2) is 0 Å². The van der Waals surface area contributed by atoms with Crippen molar-refractivity contribution in [3.8, 4) is 0 Å². The molecule has 1 atom stereocenters. The number of rotatable bonds is 2. The Morgan fingerprint density at radius 2 is 2.62 bits per heavy atom. The lowest BCUT2D eigenvalue weighted by Gasteiger charge is -2.20. The van der Waals surface area contributed by atoms with Crippen molar-refractivity contribution in [3.63, 3.8) is 0 Å². The quantitative estimate of drug-likeness (QED) is 0.765. The Morgan fingerprint density at radius 1 is 1.77 bits per heavy atom. The maximum absolute atomic E-state index is 10.1. The Labute approximate surface area is 82.2 Å². The van der Waals surface area contributed by atoms with Crippen molar-refractivity contribution >= 4 is 11.8 Å². The number of aromatic nitrogens is 2. The van der Waals surface area contributed by atoms with Crippen LogP contribution in [-0.4, -0.2) is 31.8 Å². The second-order valence-corrected chi connectivity index (χ2v) is 4.76. The number of aliphatic hydroxyl groups is 1. The molecule has 1 aliphatic rings. The van der Waals surface area contributed by atoms with Crippen LogP contribution in [0.25, 0.3) is 0 Å². The van der Waals surface area contributed by atoms with Gasteiger partial charge in [0.2, 0.25) is 0 Å². The maximum Gasteiger partial charge on any atom is 0.111 e. The normalized spacial score (nSPS) is 28.2. The van der Waals surface area contributed by atoms with Crippen LogP contribution in [0.15, 0.2) is 12.4 Å². The van der Waals surface area contributed by atoms with Crippen molar-refractivity contribution in [1.29, 1.82) is 0 Å². The first-order chi connectivity index (χ1) is 6.20. The van der Waals surface area contributed by atoms with Crippen LogP contribution in [0.5, 0.6) is 0 Å². The van der Waals surface area contributed by atoms with Gasteiger partial charge in [0.25, 0.3) is 0 Å². The van der Waals surface area contributed by atoms with E-state index in [2.05, 4.69) is 4.98 Å². The monoisotopic (exact) mass is 198 g/mol. The number of nitrogens with zero attached hydrogens (tertiary/aromatic N) is 2. The highest BCUT2D eigenvalue weighted by molar-refractivity contribution is 7.99. The van der Waals surface area contributed by atoms with Crippen LogP contribution in [0, 0.1) is 0 Å². The zero-order valence-electron chi connectivity index (χ0n) is 7.73. The van der Waals surface area contributed by atoms with Gasteiger partial charge >= 0.3 is 0 Å². The average molecular weight is 198 g/mol. The number of imidazole rings is 1. The van der Waals surface area contributed by atoms with Crippen LogP contribution < -0.4 is 0 Å². The van der Waals surface area contributed by atoms with Crippen molar-refractivity contribution in [2.45, 2.75) is 18.4 Å². The van der Waals surface area contributed by atoms with Crippen molar-refractivity contribution in [1.82, 2.24) is 9.55 Å². The predicted octanol–water partition coefficient (Wildman–Crippen LogP) is 0.831. The second-order valence-electron chi connectivity index (χ2n) is 3.66. The van der Waals surface area contributed by atoms with Gasteiger partial charge in [-0.05, 0) is 12.2 Å². The number of thioether (sulfide) groups is 1. The molecule has 1 unspecified atom stereocenters. The van der Waals surface area contributed by atoms with Gasteiger partial charge in [0, 0.05) is 31.6 Å². The van der Waals surface area contributed by atoms with E-state index < -0.39 is 5.60 Å². The summed E-state index contributed by atoms with van der Waals surface area (Å²) in [6.07, 6.45) is 5.27. The minimum Gasteiger partial charge on any atom is -0.389 e. The molecule has 0 aromatic carbocycles. The Bertz CT molecular complexity index is 292. The standard InChI is InChI=1S/C9H14N2OS/c1-11-4-3-10-8(11)6-9(12)2-5-13-7-9/h3-4,12H,2,5-7H2,1H3. The van der Waals surface area contributed by atoms with Crippen LogP contribution in [-0.2, 0) is 13.5 Å². The van der Waals surface area contributed by atoms with E-state index in [4.69, 9.17) is 0 Å². The maximum atomic E-state index is 10.1. The van der Waals surface area contributed by atoms with Crippen LogP contribution in [0.4, 0.5) is 0 Å². The van der Waals surface area contributed by atoms with Crippen LogP contribution in [0.3, 0.4) is 0 Å². The van der Waals surface area contributed by atoms with Crippen LogP contribution >= 0.6 is 11.8 Å². The molecule has 1 aliphatic heterocycles. The lowest BCUT2D eigenvalue weighted by Crippen LogP contribution is -2.32. The number of hydrogen-bond acceptors (Lipinski definition) is 3. The highest BCUT2D eigenvalue weighted by Crippen LogP contribution is 2.30. The molecule has 0 saturated carbocycles. The summed E-state index contributed by atoms with van der Waals surface area (Å²) < 4.78 is 1.97. The minimum absolute atomic E-state index is 0.510. The number of hydrogen-bond donors (Lipinski definition) is 1. The van der Waals surface area contributed by atoms with Gasteiger partial charge in [-0.25, -0.2) is 4.98 Å². The van der Waals surface area contributed by atoms with E-state index in [-0.39, 0.29) is 0 Å². The summed E-state index contributed by atoms with van der Waals surface area (Å²) in [4.78, 5) is 4.22. The first kappa shape index (κ1) is 9.09. The molecule has 1 aromatic heterocycles. The van der Waals surface area contributed by atoms with Crippen molar-refractivity contribution in [3.05, 3.63) is 18.2 Å². The zero-order valence-corrected chi connectivity index (χ0v) is 8.55. The van der Waals surface area contributed by atoms with Crippen molar-refractivity contribution < 1.29 is 5.11 Å². The summed E-state index contributed by atoms with van der Waals surface area (Å²) in [6, 6.07) is 0. The van der Waals surface area contributed by atoms with Crippen LogP contribution in [0.1, 0.15) is 12.2 Å². The molecule has 1 saturated heterocycles. The van der Waals surface area contributed by atoms with E-state index >= 15 is 0 Å². The van der Waals surface area contributed by atoms with Gasteiger partial charge in [-0.3, -0.25) is 0 Å². The van der Waals surface area contributed by atoms with E-state index in [9.17, 15) is 5.11 Å². The predicted molar refractivity (Wildman–Crippen MR) is 53.8 cm³/mol. The number of aryl methyl sites for hydroxylation is 1. The summed E-state index contributed by atoms with van der Waals surface area (Å²) in [5, 5.41) is 10.1. The average Bonchev–Trinajstić information content (AvgIpc) is 2.64. The summed E-state index contributed by atoms with van der Waals surface area (Å²) in [5.41, 5.74) is -0.510. The molecule has 2 heterocycles.